The van der Waals surface area contributed by atoms with Gasteiger partial charge in [0.25, 0.3) is 5.91 Å². The van der Waals surface area contributed by atoms with Crippen LogP contribution in [0.2, 0.25) is 0 Å². The van der Waals surface area contributed by atoms with Crippen molar-refractivity contribution in [3.8, 4) is 0 Å². The lowest BCUT2D eigenvalue weighted by molar-refractivity contribution is -0.155. The molecule has 1 aromatic heterocycles. The molecule has 1 fully saturated rings. The molecule has 0 aliphatic carbocycles. The van der Waals surface area contributed by atoms with Crippen LogP contribution in [0.5, 0.6) is 0 Å². The second kappa shape index (κ2) is 4.06. The Labute approximate surface area is 114 Å². The van der Waals surface area contributed by atoms with Crippen LogP contribution in [0.3, 0.4) is 0 Å². The maximum Gasteiger partial charge on any atom is 0.329 e. The number of fused-ring (bicyclic) bond motifs is 1. The second-order valence-electron chi connectivity index (χ2n) is 4.96. The number of amides is 1. The molecular weight excluding hydrogens is 262 g/mol. The summed E-state index contributed by atoms with van der Waals surface area (Å²) in [5.41, 5.74) is -0.501. The van der Waals surface area contributed by atoms with Crippen LogP contribution in [-0.4, -0.2) is 34.0 Å². The van der Waals surface area contributed by atoms with Crippen LogP contribution in [0.4, 0.5) is 0 Å². The van der Waals surface area contributed by atoms with Gasteiger partial charge in [0.15, 0.2) is 0 Å². The van der Waals surface area contributed by atoms with Crippen molar-refractivity contribution >= 4 is 33.3 Å². The molecule has 19 heavy (non-hydrogen) atoms. The third kappa shape index (κ3) is 1.73. The van der Waals surface area contributed by atoms with Crippen LogP contribution in [0.25, 0.3) is 10.1 Å². The molecular formula is C14H13NO3S. The molecule has 1 atom stereocenters. The highest BCUT2D eigenvalue weighted by atomic mass is 32.1. The molecule has 1 aromatic carbocycles. The minimum Gasteiger partial charge on any atom is -0.480 e. The van der Waals surface area contributed by atoms with Crippen molar-refractivity contribution in [3.63, 3.8) is 0 Å². The average Bonchev–Trinajstić information content (AvgIpc) is 2.83. The number of nitrogens with zero attached hydrogens (tertiary/aromatic N) is 1. The van der Waals surface area contributed by atoms with Gasteiger partial charge >= 0.3 is 5.97 Å². The molecule has 1 aliphatic rings. The van der Waals surface area contributed by atoms with E-state index in [1.165, 1.54) is 4.90 Å². The summed E-state index contributed by atoms with van der Waals surface area (Å²) in [6.07, 6.45) is 0.509. The molecule has 0 spiro atoms. The van der Waals surface area contributed by atoms with E-state index >= 15 is 0 Å². The summed E-state index contributed by atoms with van der Waals surface area (Å²) in [7, 11) is 0. The van der Waals surface area contributed by atoms with Gasteiger partial charge < -0.3 is 10.0 Å². The van der Waals surface area contributed by atoms with E-state index in [-0.39, 0.29) is 5.91 Å². The van der Waals surface area contributed by atoms with Gasteiger partial charge in [0.2, 0.25) is 0 Å². The summed E-state index contributed by atoms with van der Waals surface area (Å²) < 4.78 is 1.13. The molecule has 4 nitrogen and oxygen atoms in total. The summed E-state index contributed by atoms with van der Waals surface area (Å²) >= 11 is 1.62. The topological polar surface area (TPSA) is 57.6 Å². The number of thiophene rings is 1. The Hall–Kier alpha value is -1.88. The predicted octanol–water partition coefficient (Wildman–Crippen LogP) is 2.59. The molecule has 2 heterocycles. The molecule has 3 rings (SSSR count). The molecule has 1 unspecified atom stereocenters. The minimum atomic E-state index is -1.05. The van der Waals surface area contributed by atoms with Crippen molar-refractivity contribution in [2.75, 3.05) is 6.54 Å². The van der Waals surface area contributed by atoms with Crippen molar-refractivity contribution < 1.29 is 14.7 Å². The molecule has 2 aromatic rings. The van der Waals surface area contributed by atoms with Gasteiger partial charge in [-0.2, -0.15) is 0 Å². The normalized spacial score (nSPS) is 22.3. The quantitative estimate of drug-likeness (QED) is 0.916. The number of hydrogen-bond donors (Lipinski definition) is 1. The number of hydrogen-bond acceptors (Lipinski definition) is 3. The summed E-state index contributed by atoms with van der Waals surface area (Å²) in [5, 5.41) is 12.2. The van der Waals surface area contributed by atoms with Gasteiger partial charge in [0.05, 0.1) is 0 Å². The fraction of sp³-hybridized carbons (Fsp3) is 0.286. The molecule has 0 bridgehead atoms. The van der Waals surface area contributed by atoms with E-state index in [1.54, 1.807) is 24.3 Å². The molecule has 98 valence electrons. The van der Waals surface area contributed by atoms with Crippen molar-refractivity contribution in [2.45, 2.75) is 18.9 Å². The van der Waals surface area contributed by atoms with Crippen molar-refractivity contribution in [3.05, 3.63) is 35.2 Å². The van der Waals surface area contributed by atoms with Crippen LogP contribution < -0.4 is 0 Å². The SMILES string of the molecule is CC1(C(=O)O)CCN1C(=O)c1ccc2sccc2c1. The standard InChI is InChI=1S/C14H13NO3S/c1-14(13(17)18)5-6-15(14)12(16)10-2-3-11-9(8-10)4-7-19-11/h2-4,7-8H,5-6H2,1H3,(H,17,18). The van der Waals surface area contributed by atoms with E-state index in [1.807, 2.05) is 23.6 Å². The van der Waals surface area contributed by atoms with E-state index in [9.17, 15) is 14.7 Å². The number of carbonyl (C=O) groups excluding carboxylic acids is 1. The fourth-order valence-electron chi connectivity index (χ4n) is 2.36. The third-order valence-electron chi connectivity index (χ3n) is 3.82. The van der Waals surface area contributed by atoms with Gasteiger partial charge in [-0.3, -0.25) is 4.79 Å². The smallest absolute Gasteiger partial charge is 0.329 e. The fourth-order valence-corrected chi connectivity index (χ4v) is 3.13. The number of carboxylic acid groups (broad SMARTS) is 1. The van der Waals surface area contributed by atoms with Crippen LogP contribution in [0, 0.1) is 0 Å². The van der Waals surface area contributed by atoms with Gasteiger partial charge in [0.1, 0.15) is 5.54 Å². The van der Waals surface area contributed by atoms with Crippen LogP contribution in [-0.2, 0) is 4.79 Å². The highest BCUT2D eigenvalue weighted by Crippen LogP contribution is 2.33. The van der Waals surface area contributed by atoms with Gasteiger partial charge in [-0.1, -0.05) is 0 Å². The van der Waals surface area contributed by atoms with E-state index in [4.69, 9.17) is 0 Å². The molecule has 0 saturated carbocycles. The number of carbonyl (C=O) groups is 2. The van der Waals surface area contributed by atoms with E-state index in [2.05, 4.69) is 0 Å². The summed E-state index contributed by atoms with van der Waals surface area (Å²) in [6.45, 7) is 2.10. The zero-order chi connectivity index (χ0) is 13.6. The largest absolute Gasteiger partial charge is 0.480 e. The average molecular weight is 275 g/mol. The monoisotopic (exact) mass is 275 g/mol. The first-order valence-electron chi connectivity index (χ1n) is 6.05. The first-order valence-corrected chi connectivity index (χ1v) is 6.93. The van der Waals surface area contributed by atoms with Gasteiger partial charge in [-0.15, -0.1) is 11.3 Å². The van der Waals surface area contributed by atoms with Gasteiger partial charge in [-0.25, -0.2) is 4.79 Å². The van der Waals surface area contributed by atoms with Crippen LogP contribution in [0.15, 0.2) is 29.6 Å². The lowest BCUT2D eigenvalue weighted by atomic mass is 9.86. The first kappa shape index (κ1) is 12.2. The highest BCUT2D eigenvalue weighted by Gasteiger charge is 2.49. The van der Waals surface area contributed by atoms with Crippen LogP contribution in [0.1, 0.15) is 23.7 Å². The maximum absolute atomic E-state index is 12.4. The maximum atomic E-state index is 12.4. The zero-order valence-electron chi connectivity index (χ0n) is 10.4. The summed E-state index contributed by atoms with van der Waals surface area (Å²) in [6, 6.07) is 7.46. The Morgan fingerprint density at radius 2 is 2.16 bits per heavy atom. The Bertz CT molecular complexity index is 678. The number of likely N-dealkylation sites (tertiary alicyclic amines) is 1. The van der Waals surface area contributed by atoms with Crippen molar-refractivity contribution in [2.24, 2.45) is 0 Å². The predicted molar refractivity (Wildman–Crippen MR) is 73.5 cm³/mol. The summed E-state index contributed by atoms with van der Waals surface area (Å²) in [4.78, 5) is 25.0. The zero-order valence-corrected chi connectivity index (χ0v) is 11.2. The molecule has 1 aliphatic heterocycles. The number of carboxylic acids is 1. The Balaban J connectivity index is 1.93. The molecule has 0 radical (unpaired) electrons. The van der Waals surface area contributed by atoms with E-state index in [0.717, 1.165) is 10.1 Å². The Morgan fingerprint density at radius 1 is 1.37 bits per heavy atom. The van der Waals surface area contributed by atoms with Gasteiger partial charge in [0, 0.05) is 16.8 Å². The summed E-state index contributed by atoms with van der Waals surface area (Å²) in [5.74, 6) is -1.15. The van der Waals surface area contributed by atoms with Crippen molar-refractivity contribution in [1.82, 2.24) is 4.90 Å². The molecule has 1 saturated heterocycles. The minimum absolute atomic E-state index is 0.204. The third-order valence-corrected chi connectivity index (χ3v) is 4.72. The van der Waals surface area contributed by atoms with E-state index in [0.29, 0.717) is 18.5 Å². The number of benzene rings is 1. The first-order chi connectivity index (χ1) is 9.02. The van der Waals surface area contributed by atoms with Gasteiger partial charge in [-0.05, 0) is 48.4 Å². The lowest BCUT2D eigenvalue weighted by Crippen LogP contribution is -2.64. The van der Waals surface area contributed by atoms with E-state index < -0.39 is 11.5 Å². The van der Waals surface area contributed by atoms with Crippen molar-refractivity contribution in [1.29, 1.82) is 0 Å². The highest BCUT2D eigenvalue weighted by molar-refractivity contribution is 7.17. The number of aliphatic carboxylic acids is 1. The lowest BCUT2D eigenvalue weighted by Gasteiger charge is -2.47. The van der Waals surface area contributed by atoms with Crippen LogP contribution >= 0.6 is 11.3 Å². The Morgan fingerprint density at radius 3 is 2.79 bits per heavy atom. The molecule has 1 amide bonds. The second-order valence-corrected chi connectivity index (χ2v) is 5.91. The Kier molecular flexibility index (Phi) is 2.60. The number of rotatable bonds is 2. The molecule has 1 N–H and O–H groups in total. The molecule has 5 heteroatoms.